The summed E-state index contributed by atoms with van der Waals surface area (Å²) in [6.07, 6.45) is 3.42. The predicted molar refractivity (Wildman–Crippen MR) is 68.1 cm³/mol. The maximum Gasteiger partial charge on any atom is 0.243 e. The van der Waals surface area contributed by atoms with Crippen LogP contribution in [0, 0.1) is 12.8 Å². The van der Waals surface area contributed by atoms with Gasteiger partial charge in [0.05, 0.1) is 6.67 Å². The molecule has 1 unspecified atom stereocenters. The van der Waals surface area contributed by atoms with Crippen molar-refractivity contribution in [1.29, 1.82) is 0 Å². The van der Waals surface area contributed by atoms with Crippen molar-refractivity contribution >= 4 is 11.8 Å². The van der Waals surface area contributed by atoms with Crippen LogP contribution in [0.2, 0.25) is 0 Å². The Morgan fingerprint density at radius 2 is 2.26 bits per heavy atom. The minimum atomic E-state index is -0.0112. The summed E-state index contributed by atoms with van der Waals surface area (Å²) in [5.41, 5.74) is 1.13. The van der Waals surface area contributed by atoms with Gasteiger partial charge < -0.3 is 14.4 Å². The van der Waals surface area contributed by atoms with E-state index in [0.717, 1.165) is 30.9 Å². The number of carbonyl (C=O) groups is 2. The van der Waals surface area contributed by atoms with Crippen LogP contribution in [0.15, 0.2) is 6.20 Å². The van der Waals surface area contributed by atoms with Gasteiger partial charge in [-0.3, -0.25) is 9.59 Å². The molecule has 1 aromatic rings. The number of amides is 2. The second kappa shape index (κ2) is 4.36. The zero-order chi connectivity index (χ0) is 13.6. The number of aromatic nitrogens is 2. The van der Waals surface area contributed by atoms with Gasteiger partial charge in [-0.15, -0.1) is 0 Å². The average molecular weight is 262 g/mol. The molecule has 3 rings (SSSR count). The summed E-state index contributed by atoms with van der Waals surface area (Å²) in [7, 11) is 1.73. The van der Waals surface area contributed by atoms with E-state index in [4.69, 9.17) is 0 Å². The molecule has 102 valence electrons. The number of aryl methyl sites for hydroxylation is 1. The molecule has 0 bridgehead atoms. The highest BCUT2D eigenvalue weighted by Crippen LogP contribution is 2.24. The Bertz CT molecular complexity index is 537. The first kappa shape index (κ1) is 12.2. The lowest BCUT2D eigenvalue weighted by Gasteiger charge is -2.27. The van der Waals surface area contributed by atoms with Crippen LogP contribution in [0.4, 0.5) is 0 Å². The fourth-order valence-corrected chi connectivity index (χ4v) is 2.91. The molecule has 0 aromatic carbocycles. The molecule has 0 saturated carbocycles. The van der Waals surface area contributed by atoms with Crippen molar-refractivity contribution < 1.29 is 9.59 Å². The number of rotatable bonds is 1. The Labute approximate surface area is 112 Å². The number of hydrogen-bond donors (Lipinski definition) is 0. The van der Waals surface area contributed by atoms with E-state index in [0.29, 0.717) is 6.67 Å². The third-order valence-corrected chi connectivity index (χ3v) is 4.09. The van der Waals surface area contributed by atoms with Gasteiger partial charge in [-0.1, -0.05) is 0 Å². The summed E-state index contributed by atoms with van der Waals surface area (Å²) < 4.78 is 2.17. The molecule has 1 fully saturated rings. The molecule has 0 aliphatic carbocycles. The van der Waals surface area contributed by atoms with Crippen LogP contribution in [-0.2, 0) is 22.6 Å². The SMILES string of the molecule is Cc1ncc2n1CCC(C(=O)N1CC(=O)N(C)C1)C2. The second-order valence-electron chi connectivity index (χ2n) is 5.41. The molecule has 0 N–H and O–H groups in total. The highest BCUT2D eigenvalue weighted by molar-refractivity contribution is 5.88. The molecule has 1 aromatic heterocycles. The Morgan fingerprint density at radius 1 is 1.47 bits per heavy atom. The van der Waals surface area contributed by atoms with E-state index in [1.807, 2.05) is 13.1 Å². The molecule has 6 heteroatoms. The smallest absolute Gasteiger partial charge is 0.243 e. The second-order valence-corrected chi connectivity index (χ2v) is 5.41. The van der Waals surface area contributed by atoms with Crippen molar-refractivity contribution in [1.82, 2.24) is 19.4 Å². The van der Waals surface area contributed by atoms with Gasteiger partial charge in [-0.2, -0.15) is 0 Å². The van der Waals surface area contributed by atoms with Crippen molar-refractivity contribution in [3.63, 3.8) is 0 Å². The summed E-state index contributed by atoms with van der Waals surface area (Å²) in [4.78, 5) is 31.5. The fourth-order valence-electron chi connectivity index (χ4n) is 2.91. The van der Waals surface area contributed by atoms with Crippen LogP contribution >= 0.6 is 0 Å². The monoisotopic (exact) mass is 262 g/mol. The van der Waals surface area contributed by atoms with E-state index < -0.39 is 0 Å². The highest BCUT2D eigenvalue weighted by Gasteiger charge is 2.34. The minimum Gasteiger partial charge on any atom is -0.332 e. The van der Waals surface area contributed by atoms with E-state index in [1.165, 1.54) is 0 Å². The van der Waals surface area contributed by atoms with Gasteiger partial charge >= 0.3 is 0 Å². The van der Waals surface area contributed by atoms with Crippen LogP contribution in [0.5, 0.6) is 0 Å². The molecule has 1 saturated heterocycles. The van der Waals surface area contributed by atoms with Gasteiger partial charge in [0.1, 0.15) is 12.4 Å². The number of hydrogen-bond acceptors (Lipinski definition) is 3. The highest BCUT2D eigenvalue weighted by atomic mass is 16.2. The maximum absolute atomic E-state index is 12.4. The van der Waals surface area contributed by atoms with Crippen molar-refractivity contribution in [2.45, 2.75) is 26.3 Å². The number of imidazole rings is 1. The lowest BCUT2D eigenvalue weighted by Crippen LogP contribution is -2.38. The topological polar surface area (TPSA) is 58.4 Å². The zero-order valence-electron chi connectivity index (χ0n) is 11.3. The first-order valence-corrected chi connectivity index (χ1v) is 6.60. The molecule has 19 heavy (non-hydrogen) atoms. The summed E-state index contributed by atoms with van der Waals surface area (Å²) in [6, 6.07) is 0. The third-order valence-electron chi connectivity index (χ3n) is 4.09. The van der Waals surface area contributed by atoms with Crippen LogP contribution in [0.3, 0.4) is 0 Å². The van der Waals surface area contributed by atoms with E-state index in [-0.39, 0.29) is 24.3 Å². The Morgan fingerprint density at radius 3 is 2.95 bits per heavy atom. The maximum atomic E-state index is 12.4. The molecule has 3 heterocycles. The van der Waals surface area contributed by atoms with Gasteiger partial charge in [-0.05, 0) is 13.3 Å². The predicted octanol–water partition coefficient (Wildman–Crippen LogP) is 0.0120. The standard InChI is InChI=1S/C13H18N4O2/c1-9-14-6-11-5-10(3-4-17(9)11)13(19)16-7-12(18)15(2)8-16/h6,10H,3-5,7-8H2,1-2H3. The zero-order valence-corrected chi connectivity index (χ0v) is 11.3. The third kappa shape index (κ3) is 2.01. The van der Waals surface area contributed by atoms with Gasteiger partial charge in [0.15, 0.2) is 0 Å². The quantitative estimate of drug-likeness (QED) is 0.716. The number of nitrogens with zero attached hydrogens (tertiary/aromatic N) is 4. The van der Waals surface area contributed by atoms with Crippen molar-refractivity contribution in [2.75, 3.05) is 20.3 Å². The summed E-state index contributed by atoms with van der Waals surface area (Å²) in [5, 5.41) is 0. The van der Waals surface area contributed by atoms with Gasteiger partial charge in [0.2, 0.25) is 11.8 Å². The Hall–Kier alpha value is -1.85. The normalized spacial score (nSPS) is 22.8. The van der Waals surface area contributed by atoms with E-state index >= 15 is 0 Å². The average Bonchev–Trinajstić information content (AvgIpc) is 2.93. The number of carbonyl (C=O) groups excluding carboxylic acids is 2. The van der Waals surface area contributed by atoms with Crippen LogP contribution in [0.1, 0.15) is 17.9 Å². The molecule has 6 nitrogen and oxygen atoms in total. The fraction of sp³-hybridized carbons (Fsp3) is 0.615. The van der Waals surface area contributed by atoms with Crippen molar-refractivity contribution in [3.05, 3.63) is 17.7 Å². The Balaban J connectivity index is 1.71. The van der Waals surface area contributed by atoms with Gasteiger partial charge in [0.25, 0.3) is 0 Å². The first-order valence-electron chi connectivity index (χ1n) is 6.60. The molecular weight excluding hydrogens is 244 g/mol. The largest absolute Gasteiger partial charge is 0.332 e. The van der Waals surface area contributed by atoms with Crippen LogP contribution in [-0.4, -0.2) is 51.4 Å². The Kier molecular flexibility index (Phi) is 2.80. The minimum absolute atomic E-state index is 0.0112. The lowest BCUT2D eigenvalue weighted by atomic mass is 9.95. The van der Waals surface area contributed by atoms with E-state index in [1.54, 1.807) is 16.8 Å². The van der Waals surface area contributed by atoms with Gasteiger partial charge in [0, 0.05) is 37.8 Å². The molecule has 2 aliphatic heterocycles. The van der Waals surface area contributed by atoms with E-state index in [2.05, 4.69) is 9.55 Å². The van der Waals surface area contributed by atoms with E-state index in [9.17, 15) is 9.59 Å². The van der Waals surface area contributed by atoms with Crippen LogP contribution in [0.25, 0.3) is 0 Å². The summed E-state index contributed by atoms with van der Waals surface area (Å²) in [5.74, 6) is 1.12. The molecule has 2 amide bonds. The van der Waals surface area contributed by atoms with Crippen molar-refractivity contribution in [3.8, 4) is 0 Å². The summed E-state index contributed by atoms with van der Waals surface area (Å²) >= 11 is 0. The molecule has 1 atom stereocenters. The number of fused-ring (bicyclic) bond motifs is 1. The molecule has 2 aliphatic rings. The van der Waals surface area contributed by atoms with Crippen molar-refractivity contribution in [2.24, 2.45) is 5.92 Å². The molecular formula is C13H18N4O2. The van der Waals surface area contributed by atoms with Crippen LogP contribution < -0.4 is 0 Å². The molecule has 0 radical (unpaired) electrons. The molecule has 0 spiro atoms. The lowest BCUT2D eigenvalue weighted by molar-refractivity contribution is -0.136. The van der Waals surface area contributed by atoms with Gasteiger partial charge in [-0.25, -0.2) is 4.98 Å². The first-order chi connectivity index (χ1) is 9.06. The number of likely N-dealkylation sites (N-methyl/N-ethyl adjacent to an activating group) is 1. The summed E-state index contributed by atoms with van der Waals surface area (Å²) in [6.45, 7) is 3.48.